The van der Waals surface area contributed by atoms with E-state index in [0.29, 0.717) is 11.1 Å². The first kappa shape index (κ1) is 21.6. The number of rotatable bonds is 7. The molecule has 156 valence electrons. The van der Waals surface area contributed by atoms with Gasteiger partial charge in [-0.2, -0.15) is 4.31 Å². The number of carbonyl (C=O) groups is 1. The van der Waals surface area contributed by atoms with Gasteiger partial charge in [-0.1, -0.05) is 36.4 Å². The summed E-state index contributed by atoms with van der Waals surface area (Å²) in [6, 6.07) is 17.0. The first-order valence-electron chi connectivity index (χ1n) is 9.11. The van der Waals surface area contributed by atoms with E-state index in [1.54, 1.807) is 25.1 Å². The molecule has 0 radical (unpaired) electrons. The summed E-state index contributed by atoms with van der Waals surface area (Å²) in [4.78, 5) is 12.6. The van der Waals surface area contributed by atoms with E-state index in [1.165, 1.54) is 54.6 Å². The summed E-state index contributed by atoms with van der Waals surface area (Å²) >= 11 is 0. The Morgan fingerprint density at radius 1 is 0.933 bits per heavy atom. The number of nitrogens with one attached hydrogen (secondary N) is 1. The standard InChI is InChI=1S/C22H20F2N2O3S/c1-16-7-10-19(24)13-21(16)25-22(27)15-26(14-17-8-11-18(23)12-9-17)30(28,29)20-5-3-2-4-6-20/h2-13H,14-15H2,1H3,(H,25,27). The molecule has 30 heavy (non-hydrogen) atoms. The maximum absolute atomic E-state index is 13.5. The molecule has 0 aliphatic rings. The van der Waals surface area contributed by atoms with E-state index in [0.717, 1.165) is 4.31 Å². The molecule has 1 N–H and O–H groups in total. The van der Waals surface area contributed by atoms with Crippen LogP contribution in [0.5, 0.6) is 0 Å². The fraction of sp³-hybridized carbons (Fsp3) is 0.136. The number of benzene rings is 3. The molecule has 0 heterocycles. The van der Waals surface area contributed by atoms with Gasteiger partial charge in [-0.25, -0.2) is 17.2 Å². The van der Waals surface area contributed by atoms with Crippen molar-refractivity contribution in [3.05, 3.63) is 95.6 Å². The highest BCUT2D eigenvalue weighted by atomic mass is 32.2. The number of sulfonamides is 1. The summed E-state index contributed by atoms with van der Waals surface area (Å²) in [6.07, 6.45) is 0. The van der Waals surface area contributed by atoms with Crippen molar-refractivity contribution in [2.24, 2.45) is 0 Å². The van der Waals surface area contributed by atoms with E-state index in [2.05, 4.69) is 5.32 Å². The number of hydrogen-bond donors (Lipinski definition) is 1. The minimum absolute atomic E-state index is 0.0295. The van der Waals surface area contributed by atoms with Crippen LogP contribution in [-0.2, 0) is 21.4 Å². The average molecular weight is 430 g/mol. The molecular formula is C22H20F2N2O3S. The van der Waals surface area contributed by atoms with Gasteiger partial charge in [0.2, 0.25) is 15.9 Å². The monoisotopic (exact) mass is 430 g/mol. The van der Waals surface area contributed by atoms with Crippen molar-refractivity contribution < 1.29 is 22.0 Å². The second kappa shape index (κ2) is 9.15. The zero-order chi connectivity index (χ0) is 21.7. The van der Waals surface area contributed by atoms with Gasteiger partial charge >= 0.3 is 0 Å². The Labute approximate surface area is 174 Å². The molecule has 5 nitrogen and oxygen atoms in total. The summed E-state index contributed by atoms with van der Waals surface area (Å²) in [5.41, 5.74) is 1.42. The summed E-state index contributed by atoms with van der Waals surface area (Å²) < 4.78 is 54.0. The minimum Gasteiger partial charge on any atom is -0.325 e. The van der Waals surface area contributed by atoms with Crippen LogP contribution >= 0.6 is 0 Å². The van der Waals surface area contributed by atoms with Gasteiger partial charge in [0.15, 0.2) is 0 Å². The van der Waals surface area contributed by atoms with Crippen LogP contribution in [0.15, 0.2) is 77.7 Å². The highest BCUT2D eigenvalue weighted by Gasteiger charge is 2.27. The molecule has 0 aromatic heterocycles. The molecule has 0 aliphatic carbocycles. The SMILES string of the molecule is Cc1ccc(F)cc1NC(=O)CN(Cc1ccc(F)cc1)S(=O)(=O)c1ccccc1. The van der Waals surface area contributed by atoms with Crippen LogP contribution in [-0.4, -0.2) is 25.2 Å². The number of carbonyl (C=O) groups excluding carboxylic acids is 1. The van der Waals surface area contributed by atoms with Crippen molar-refractivity contribution in [3.8, 4) is 0 Å². The molecule has 0 spiro atoms. The van der Waals surface area contributed by atoms with Crippen LogP contribution in [0.3, 0.4) is 0 Å². The van der Waals surface area contributed by atoms with Crippen molar-refractivity contribution in [1.82, 2.24) is 4.31 Å². The second-order valence-electron chi connectivity index (χ2n) is 6.72. The molecule has 3 rings (SSSR count). The number of aryl methyl sites for hydroxylation is 1. The van der Waals surface area contributed by atoms with E-state index in [9.17, 15) is 22.0 Å². The number of anilines is 1. The molecule has 0 atom stereocenters. The molecule has 1 amide bonds. The first-order chi connectivity index (χ1) is 14.3. The van der Waals surface area contributed by atoms with E-state index in [4.69, 9.17) is 0 Å². The molecule has 8 heteroatoms. The van der Waals surface area contributed by atoms with Gasteiger partial charge in [0.25, 0.3) is 0 Å². The normalized spacial score (nSPS) is 11.5. The van der Waals surface area contributed by atoms with Gasteiger partial charge in [-0.15, -0.1) is 0 Å². The predicted octanol–water partition coefficient (Wildman–Crippen LogP) is 4.10. The lowest BCUT2D eigenvalue weighted by atomic mass is 10.2. The van der Waals surface area contributed by atoms with Crippen molar-refractivity contribution in [1.29, 1.82) is 0 Å². The topological polar surface area (TPSA) is 66.5 Å². The molecule has 0 bridgehead atoms. The van der Waals surface area contributed by atoms with Gasteiger partial charge < -0.3 is 5.32 Å². The molecule has 3 aromatic carbocycles. The zero-order valence-corrected chi connectivity index (χ0v) is 17.0. The van der Waals surface area contributed by atoms with Crippen molar-refractivity contribution in [2.45, 2.75) is 18.4 Å². The molecule has 0 aliphatic heterocycles. The fourth-order valence-electron chi connectivity index (χ4n) is 2.84. The van der Waals surface area contributed by atoms with Gasteiger partial charge in [0.1, 0.15) is 11.6 Å². The quantitative estimate of drug-likeness (QED) is 0.614. The van der Waals surface area contributed by atoms with E-state index in [1.807, 2.05) is 0 Å². The number of nitrogens with zero attached hydrogens (tertiary/aromatic N) is 1. The van der Waals surface area contributed by atoms with Crippen LogP contribution in [0.1, 0.15) is 11.1 Å². The number of halogens is 2. The van der Waals surface area contributed by atoms with Gasteiger partial charge in [0, 0.05) is 12.2 Å². The molecule has 0 saturated heterocycles. The van der Waals surface area contributed by atoms with Crippen LogP contribution in [0.25, 0.3) is 0 Å². The Morgan fingerprint density at radius 2 is 1.57 bits per heavy atom. The fourth-order valence-corrected chi connectivity index (χ4v) is 4.25. The maximum atomic E-state index is 13.5. The first-order valence-corrected chi connectivity index (χ1v) is 10.6. The maximum Gasteiger partial charge on any atom is 0.243 e. The van der Waals surface area contributed by atoms with Gasteiger partial charge in [0.05, 0.1) is 11.4 Å². The van der Waals surface area contributed by atoms with E-state index < -0.39 is 34.1 Å². The van der Waals surface area contributed by atoms with Crippen LogP contribution in [0.4, 0.5) is 14.5 Å². The Hall–Kier alpha value is -3.10. The summed E-state index contributed by atoms with van der Waals surface area (Å²) in [5, 5.41) is 2.55. The van der Waals surface area contributed by atoms with Crippen LogP contribution < -0.4 is 5.32 Å². The Kier molecular flexibility index (Phi) is 6.59. The van der Waals surface area contributed by atoms with Crippen molar-refractivity contribution >= 4 is 21.6 Å². The largest absolute Gasteiger partial charge is 0.325 e. The predicted molar refractivity (Wildman–Crippen MR) is 110 cm³/mol. The summed E-state index contributed by atoms with van der Waals surface area (Å²) in [5.74, 6) is -1.59. The number of hydrogen-bond acceptors (Lipinski definition) is 3. The Bertz CT molecular complexity index is 1130. The average Bonchev–Trinajstić information content (AvgIpc) is 2.72. The van der Waals surface area contributed by atoms with E-state index in [-0.39, 0.29) is 17.1 Å². The van der Waals surface area contributed by atoms with Crippen LogP contribution in [0, 0.1) is 18.6 Å². The Balaban J connectivity index is 1.87. The Morgan fingerprint density at radius 3 is 2.23 bits per heavy atom. The van der Waals surface area contributed by atoms with Crippen molar-refractivity contribution in [3.63, 3.8) is 0 Å². The lowest BCUT2D eigenvalue weighted by Crippen LogP contribution is -2.37. The highest BCUT2D eigenvalue weighted by Crippen LogP contribution is 2.20. The molecule has 3 aromatic rings. The lowest BCUT2D eigenvalue weighted by Gasteiger charge is -2.22. The molecule has 0 fully saturated rings. The van der Waals surface area contributed by atoms with Crippen LogP contribution in [0.2, 0.25) is 0 Å². The smallest absolute Gasteiger partial charge is 0.243 e. The molecule has 0 saturated carbocycles. The third-order valence-electron chi connectivity index (χ3n) is 4.45. The highest BCUT2D eigenvalue weighted by molar-refractivity contribution is 7.89. The molecule has 0 unspecified atom stereocenters. The van der Waals surface area contributed by atoms with E-state index >= 15 is 0 Å². The lowest BCUT2D eigenvalue weighted by molar-refractivity contribution is -0.116. The number of amides is 1. The zero-order valence-electron chi connectivity index (χ0n) is 16.2. The molecular weight excluding hydrogens is 410 g/mol. The minimum atomic E-state index is -4.01. The second-order valence-corrected chi connectivity index (χ2v) is 8.66. The third kappa shape index (κ3) is 5.28. The summed E-state index contributed by atoms with van der Waals surface area (Å²) in [6.45, 7) is 1.07. The van der Waals surface area contributed by atoms with Crippen molar-refractivity contribution in [2.75, 3.05) is 11.9 Å². The van der Waals surface area contributed by atoms with Gasteiger partial charge in [-0.05, 0) is 54.4 Å². The third-order valence-corrected chi connectivity index (χ3v) is 6.25. The summed E-state index contributed by atoms with van der Waals surface area (Å²) in [7, 11) is -4.01. The van der Waals surface area contributed by atoms with Gasteiger partial charge in [-0.3, -0.25) is 4.79 Å².